The van der Waals surface area contributed by atoms with Gasteiger partial charge in [0.05, 0.1) is 0 Å². The van der Waals surface area contributed by atoms with E-state index in [1.807, 2.05) is 0 Å². The number of carbonyl (C=O) groups excluding carboxylic acids is 3. The third-order valence-electron chi connectivity index (χ3n) is 3.26. The molecule has 12 heteroatoms. The van der Waals surface area contributed by atoms with E-state index < -0.39 is 34.3 Å². The first-order chi connectivity index (χ1) is 11.1. The zero-order valence-electron chi connectivity index (χ0n) is 13.1. The van der Waals surface area contributed by atoms with Gasteiger partial charge in [0, 0.05) is 19.2 Å². The monoisotopic (exact) mass is 339 g/mol. The highest BCUT2D eigenvalue weighted by Gasteiger charge is 2.52. The van der Waals surface area contributed by atoms with Crippen LogP contribution in [0.5, 0.6) is 0 Å². The molecular formula is C12H17N7O5. The molecule has 12 nitrogen and oxygen atoms in total. The van der Waals surface area contributed by atoms with Crippen LogP contribution in [0.4, 0.5) is 4.79 Å². The van der Waals surface area contributed by atoms with Crippen molar-refractivity contribution in [1.82, 2.24) is 15.6 Å². The minimum Gasteiger partial charge on any atom is -0.364 e. The zero-order chi connectivity index (χ0) is 18.5. The molecule has 1 atom stereocenters. The van der Waals surface area contributed by atoms with Crippen molar-refractivity contribution in [2.45, 2.75) is 19.8 Å². The fourth-order valence-electron chi connectivity index (χ4n) is 2.19. The highest BCUT2D eigenvalue weighted by molar-refractivity contribution is 6.20. The molecule has 0 bridgehead atoms. The molecule has 0 saturated carbocycles. The van der Waals surface area contributed by atoms with Crippen molar-refractivity contribution in [3.8, 4) is 0 Å². The van der Waals surface area contributed by atoms with Gasteiger partial charge in [-0.15, -0.1) is 11.7 Å². The number of imide groups is 2. The van der Waals surface area contributed by atoms with Crippen LogP contribution in [0.1, 0.15) is 19.8 Å². The molecule has 1 heterocycles. The maximum atomic E-state index is 12.5. The minimum absolute atomic E-state index is 0.0332. The molecule has 1 saturated heterocycles. The molecule has 1 aliphatic rings. The topological polar surface area (TPSA) is 172 Å². The highest BCUT2D eigenvalue weighted by atomic mass is 16.7. The molecular weight excluding hydrogens is 322 g/mol. The van der Waals surface area contributed by atoms with Crippen LogP contribution < -0.4 is 16.5 Å². The Bertz CT molecular complexity index is 656. The second-order valence-corrected chi connectivity index (χ2v) is 5.06. The average molecular weight is 339 g/mol. The Kier molecular flexibility index (Phi) is 5.70. The summed E-state index contributed by atoms with van der Waals surface area (Å²) in [6.07, 6.45) is 1.17. The standard InChI is InChI=1S/C12H17N7O5/c1-4-5-12(8(20)14-11(22)18(3)9(12)21)6-7(2)15-16-10(13)17-19(23)24/h4H,1,5-6H2,2-3H3,(H3,13,16,17)(H,14,20,22)/b15-7+. The molecule has 1 aliphatic heterocycles. The lowest BCUT2D eigenvalue weighted by Gasteiger charge is -2.37. The summed E-state index contributed by atoms with van der Waals surface area (Å²) in [6.45, 7) is 4.98. The van der Waals surface area contributed by atoms with Crippen molar-refractivity contribution < 1.29 is 19.4 Å². The van der Waals surface area contributed by atoms with Gasteiger partial charge in [-0.25, -0.2) is 14.9 Å². The van der Waals surface area contributed by atoms with E-state index >= 15 is 0 Å². The molecule has 0 aliphatic carbocycles. The fourth-order valence-corrected chi connectivity index (χ4v) is 2.19. The van der Waals surface area contributed by atoms with Gasteiger partial charge >= 0.3 is 6.03 Å². The number of urea groups is 1. The number of nitrogens with one attached hydrogen (secondary N) is 2. The summed E-state index contributed by atoms with van der Waals surface area (Å²) in [5, 5.41) is 18.4. The predicted octanol–water partition coefficient (Wildman–Crippen LogP) is -0.881. The molecule has 0 radical (unpaired) electrons. The summed E-state index contributed by atoms with van der Waals surface area (Å²) in [6, 6.07) is -0.822. The Morgan fingerprint density at radius 3 is 2.67 bits per heavy atom. The third kappa shape index (κ3) is 3.91. The zero-order valence-corrected chi connectivity index (χ0v) is 13.1. The summed E-state index contributed by atoms with van der Waals surface area (Å²) in [5.41, 5.74) is 5.42. The fraction of sp³-hybridized carbons (Fsp3) is 0.417. The Morgan fingerprint density at radius 2 is 2.12 bits per heavy atom. The van der Waals surface area contributed by atoms with E-state index in [2.05, 4.69) is 22.1 Å². The van der Waals surface area contributed by atoms with Crippen LogP contribution in [-0.4, -0.2) is 46.5 Å². The largest absolute Gasteiger partial charge is 0.364 e. The number of rotatable bonds is 6. The van der Waals surface area contributed by atoms with Gasteiger partial charge in [0.25, 0.3) is 5.96 Å². The van der Waals surface area contributed by atoms with Gasteiger partial charge in [-0.1, -0.05) is 11.5 Å². The second-order valence-electron chi connectivity index (χ2n) is 5.06. The molecule has 0 aromatic rings. The second kappa shape index (κ2) is 7.30. The van der Waals surface area contributed by atoms with Crippen LogP contribution in [0.2, 0.25) is 0 Å². The minimum atomic E-state index is -1.60. The number of amides is 4. The van der Waals surface area contributed by atoms with Crippen molar-refractivity contribution >= 4 is 29.5 Å². The molecule has 1 unspecified atom stereocenters. The molecule has 0 spiro atoms. The van der Waals surface area contributed by atoms with E-state index in [9.17, 15) is 24.5 Å². The highest BCUT2D eigenvalue weighted by Crippen LogP contribution is 2.33. The number of barbiturate groups is 1. The number of nitrogens with two attached hydrogens (primary N) is 1. The molecule has 0 aromatic carbocycles. The van der Waals surface area contributed by atoms with E-state index in [1.54, 1.807) is 5.43 Å². The van der Waals surface area contributed by atoms with E-state index in [4.69, 9.17) is 5.73 Å². The summed E-state index contributed by atoms with van der Waals surface area (Å²) in [4.78, 5) is 47.2. The quantitative estimate of drug-likeness (QED) is 0.141. The number of hydrazine groups is 1. The Labute approximate surface area is 136 Å². The van der Waals surface area contributed by atoms with Crippen molar-refractivity contribution in [2.24, 2.45) is 21.4 Å². The van der Waals surface area contributed by atoms with Gasteiger partial charge in [-0.3, -0.25) is 19.8 Å². The number of nitro groups is 1. The van der Waals surface area contributed by atoms with Gasteiger partial charge in [-0.05, 0) is 13.3 Å². The maximum Gasteiger partial charge on any atom is 0.330 e. The van der Waals surface area contributed by atoms with Gasteiger partial charge < -0.3 is 5.73 Å². The lowest BCUT2D eigenvalue weighted by atomic mass is 9.76. The van der Waals surface area contributed by atoms with Crippen molar-refractivity contribution in [3.63, 3.8) is 0 Å². The maximum absolute atomic E-state index is 12.5. The number of nitrogens with zero attached hydrogens (tertiary/aromatic N) is 4. The molecule has 4 amide bonds. The van der Waals surface area contributed by atoms with Crippen molar-refractivity contribution in [1.29, 1.82) is 0 Å². The molecule has 24 heavy (non-hydrogen) atoms. The van der Waals surface area contributed by atoms with Crippen LogP contribution in [0.25, 0.3) is 0 Å². The lowest BCUT2D eigenvalue weighted by molar-refractivity contribution is -0.525. The van der Waals surface area contributed by atoms with E-state index in [0.717, 1.165) is 4.90 Å². The number of hydrogen-bond acceptors (Lipinski definition) is 7. The van der Waals surface area contributed by atoms with Gasteiger partial charge in [0.1, 0.15) is 5.41 Å². The predicted molar refractivity (Wildman–Crippen MR) is 83.0 cm³/mol. The van der Waals surface area contributed by atoms with Gasteiger partial charge in [0.15, 0.2) is 5.03 Å². The Hall–Kier alpha value is -3.31. The van der Waals surface area contributed by atoms with E-state index in [-0.39, 0.29) is 18.6 Å². The van der Waals surface area contributed by atoms with E-state index in [1.165, 1.54) is 20.0 Å². The number of allylic oxidation sites excluding steroid dienone is 1. The van der Waals surface area contributed by atoms with Crippen molar-refractivity contribution in [2.75, 3.05) is 7.05 Å². The van der Waals surface area contributed by atoms with E-state index in [0.29, 0.717) is 0 Å². The molecule has 0 aromatic heterocycles. The first kappa shape index (κ1) is 18.7. The number of carbonyl (C=O) groups is 3. The van der Waals surface area contributed by atoms with Gasteiger partial charge in [0.2, 0.25) is 11.8 Å². The summed E-state index contributed by atoms with van der Waals surface area (Å²) in [7, 11) is 1.24. The Morgan fingerprint density at radius 1 is 1.50 bits per heavy atom. The lowest BCUT2D eigenvalue weighted by Crippen LogP contribution is -2.63. The SMILES string of the molecule is C=CCC1(C/C(C)=N/N=C(/N)N[N+](=O)[O-])C(=O)NC(=O)N(C)C1=O. The summed E-state index contributed by atoms with van der Waals surface area (Å²) < 4.78 is 0. The molecule has 1 fully saturated rings. The van der Waals surface area contributed by atoms with Crippen LogP contribution >= 0.6 is 0 Å². The van der Waals surface area contributed by atoms with Crippen LogP contribution in [0, 0.1) is 15.5 Å². The van der Waals surface area contributed by atoms with Crippen LogP contribution in [0.15, 0.2) is 22.9 Å². The molecule has 4 N–H and O–H groups in total. The molecule has 1 rings (SSSR count). The first-order valence-corrected chi connectivity index (χ1v) is 6.66. The average Bonchev–Trinajstić information content (AvgIpc) is 2.48. The van der Waals surface area contributed by atoms with Crippen LogP contribution in [0.3, 0.4) is 0 Å². The number of guanidine groups is 1. The number of hydrogen-bond donors (Lipinski definition) is 3. The molecule has 130 valence electrons. The van der Waals surface area contributed by atoms with Gasteiger partial charge in [-0.2, -0.15) is 5.10 Å². The summed E-state index contributed by atoms with van der Waals surface area (Å²) >= 11 is 0. The normalized spacial score (nSPS) is 22.2. The summed E-state index contributed by atoms with van der Waals surface area (Å²) in [5.74, 6) is -2.04. The first-order valence-electron chi connectivity index (χ1n) is 6.66. The smallest absolute Gasteiger partial charge is 0.330 e. The third-order valence-corrected chi connectivity index (χ3v) is 3.26. The van der Waals surface area contributed by atoms with Crippen LogP contribution in [-0.2, 0) is 9.59 Å². The van der Waals surface area contributed by atoms with Crippen molar-refractivity contribution in [3.05, 3.63) is 22.8 Å². The Balaban J connectivity index is 3.10.